The molecule has 0 bridgehead atoms. The zero-order valence-corrected chi connectivity index (χ0v) is 14.1. The summed E-state index contributed by atoms with van der Waals surface area (Å²) < 4.78 is 6.33. The molecular formula is C18H24OS. The monoisotopic (exact) mass is 288 g/mol. The molecule has 0 aliphatic heterocycles. The van der Waals surface area contributed by atoms with Gasteiger partial charge in [0.15, 0.2) is 0 Å². The van der Waals surface area contributed by atoms with Gasteiger partial charge >= 0.3 is 0 Å². The van der Waals surface area contributed by atoms with Crippen molar-refractivity contribution in [3.63, 3.8) is 0 Å². The largest absolute Gasteiger partial charge is 0.487 e. The molecule has 0 N–H and O–H groups in total. The van der Waals surface area contributed by atoms with E-state index >= 15 is 0 Å². The Morgan fingerprint density at radius 3 is 1.90 bits per heavy atom. The summed E-state index contributed by atoms with van der Waals surface area (Å²) in [7, 11) is 0. The lowest BCUT2D eigenvalue weighted by atomic mass is 10.1. The van der Waals surface area contributed by atoms with Crippen LogP contribution in [0.15, 0.2) is 41.3 Å². The molecule has 108 valence electrons. The van der Waals surface area contributed by atoms with Gasteiger partial charge in [0.25, 0.3) is 0 Å². The maximum atomic E-state index is 6.17. The highest BCUT2D eigenvalue weighted by Gasteiger charge is 2.20. The summed E-state index contributed by atoms with van der Waals surface area (Å²) in [5.74, 6) is 0.983. The molecule has 0 fully saturated rings. The first-order valence-electron chi connectivity index (χ1n) is 7.05. The average molecular weight is 288 g/mol. The van der Waals surface area contributed by atoms with E-state index < -0.39 is 0 Å². The van der Waals surface area contributed by atoms with Gasteiger partial charge in [-0.05, 0) is 43.7 Å². The Labute approximate surface area is 126 Å². The molecule has 2 aromatic carbocycles. The van der Waals surface area contributed by atoms with Crippen LogP contribution in [0, 0.1) is 0 Å². The molecule has 20 heavy (non-hydrogen) atoms. The second kappa shape index (κ2) is 5.33. The molecule has 0 aromatic heterocycles. The highest BCUT2D eigenvalue weighted by atomic mass is 32.2. The Morgan fingerprint density at radius 2 is 1.40 bits per heavy atom. The molecule has 2 heteroatoms. The van der Waals surface area contributed by atoms with Gasteiger partial charge in [-0.1, -0.05) is 45.0 Å². The quantitative estimate of drug-likeness (QED) is 0.635. The lowest BCUT2D eigenvalue weighted by Gasteiger charge is -2.26. The number of ether oxygens (including phenoxy) is 1. The van der Waals surface area contributed by atoms with E-state index in [1.165, 1.54) is 15.7 Å². The normalized spacial score (nSPS) is 12.7. The van der Waals surface area contributed by atoms with Crippen LogP contribution in [0.1, 0.15) is 41.5 Å². The van der Waals surface area contributed by atoms with E-state index in [1.807, 2.05) is 11.8 Å². The minimum atomic E-state index is -0.185. The number of rotatable bonds is 2. The van der Waals surface area contributed by atoms with Gasteiger partial charge in [-0.25, -0.2) is 0 Å². The molecule has 2 rings (SSSR count). The van der Waals surface area contributed by atoms with Gasteiger partial charge in [0, 0.05) is 4.75 Å². The van der Waals surface area contributed by atoms with Gasteiger partial charge in [-0.3, -0.25) is 0 Å². The summed E-state index contributed by atoms with van der Waals surface area (Å²) in [5, 5.41) is 2.49. The van der Waals surface area contributed by atoms with E-state index in [1.54, 1.807) is 0 Å². The van der Waals surface area contributed by atoms with E-state index in [2.05, 4.69) is 77.9 Å². The molecule has 0 radical (unpaired) electrons. The predicted molar refractivity (Wildman–Crippen MR) is 89.9 cm³/mol. The van der Waals surface area contributed by atoms with Crippen LogP contribution in [0.25, 0.3) is 10.8 Å². The number of benzene rings is 2. The van der Waals surface area contributed by atoms with Gasteiger partial charge in [0.05, 0.1) is 4.90 Å². The topological polar surface area (TPSA) is 9.23 Å². The fourth-order valence-corrected chi connectivity index (χ4v) is 3.06. The molecule has 0 amide bonds. The van der Waals surface area contributed by atoms with Gasteiger partial charge < -0.3 is 4.74 Å². The maximum Gasteiger partial charge on any atom is 0.134 e. The SMILES string of the molecule is CC(C)(C)Oc1cc2ccccc2cc1SC(C)(C)C. The molecule has 1 nitrogen and oxygen atoms in total. The smallest absolute Gasteiger partial charge is 0.134 e. The van der Waals surface area contributed by atoms with E-state index in [-0.39, 0.29) is 10.3 Å². The van der Waals surface area contributed by atoms with E-state index in [0.29, 0.717) is 0 Å². The minimum Gasteiger partial charge on any atom is -0.487 e. The number of thioether (sulfide) groups is 1. The maximum absolute atomic E-state index is 6.17. The first-order valence-corrected chi connectivity index (χ1v) is 7.87. The van der Waals surface area contributed by atoms with Crippen molar-refractivity contribution in [3.05, 3.63) is 36.4 Å². The van der Waals surface area contributed by atoms with Gasteiger partial charge in [0.2, 0.25) is 0 Å². The fourth-order valence-electron chi connectivity index (χ4n) is 2.02. The van der Waals surface area contributed by atoms with Crippen LogP contribution in [0.5, 0.6) is 5.75 Å². The lowest BCUT2D eigenvalue weighted by molar-refractivity contribution is 0.127. The van der Waals surface area contributed by atoms with Gasteiger partial charge in [-0.15, -0.1) is 11.8 Å². The summed E-state index contributed by atoms with van der Waals surface area (Å²) in [6.45, 7) is 13.0. The Hall–Kier alpha value is -1.15. The number of hydrogen-bond acceptors (Lipinski definition) is 2. The van der Waals surface area contributed by atoms with Gasteiger partial charge in [-0.2, -0.15) is 0 Å². The minimum absolute atomic E-state index is 0.165. The van der Waals surface area contributed by atoms with Crippen LogP contribution in [0.3, 0.4) is 0 Å². The van der Waals surface area contributed by atoms with E-state index in [4.69, 9.17) is 4.74 Å². The van der Waals surface area contributed by atoms with Crippen LogP contribution in [-0.4, -0.2) is 10.3 Å². The number of hydrogen-bond donors (Lipinski definition) is 0. The summed E-state index contributed by atoms with van der Waals surface area (Å²) in [6.07, 6.45) is 0. The summed E-state index contributed by atoms with van der Waals surface area (Å²) in [6, 6.07) is 12.8. The third kappa shape index (κ3) is 4.17. The van der Waals surface area contributed by atoms with Crippen LogP contribution >= 0.6 is 11.8 Å². The first-order chi connectivity index (χ1) is 9.14. The Bertz CT molecular complexity index is 548. The van der Waals surface area contributed by atoms with Crippen molar-refractivity contribution in [3.8, 4) is 5.75 Å². The molecular weight excluding hydrogens is 264 g/mol. The Balaban J connectivity index is 2.52. The average Bonchev–Trinajstić information content (AvgIpc) is 2.26. The van der Waals surface area contributed by atoms with Crippen molar-refractivity contribution < 1.29 is 4.74 Å². The zero-order valence-electron chi connectivity index (χ0n) is 13.3. The van der Waals surface area contributed by atoms with Crippen LogP contribution in [0.4, 0.5) is 0 Å². The molecule has 0 saturated heterocycles. The second-order valence-electron chi connectivity index (χ2n) is 7.07. The molecule has 0 unspecified atom stereocenters. The standard InChI is InChI=1S/C18H24OS/c1-17(2,3)19-15-11-13-9-7-8-10-14(13)12-16(15)20-18(4,5)6/h7-12H,1-6H3. The van der Waals surface area contributed by atoms with Crippen molar-refractivity contribution in [2.24, 2.45) is 0 Å². The summed E-state index contributed by atoms with van der Waals surface area (Å²) in [5.41, 5.74) is -0.185. The van der Waals surface area contributed by atoms with Crippen molar-refractivity contribution in [1.29, 1.82) is 0 Å². The van der Waals surface area contributed by atoms with Crippen LogP contribution < -0.4 is 4.74 Å². The van der Waals surface area contributed by atoms with Crippen molar-refractivity contribution >= 4 is 22.5 Å². The van der Waals surface area contributed by atoms with Crippen molar-refractivity contribution in [2.45, 2.75) is 56.8 Å². The van der Waals surface area contributed by atoms with E-state index in [9.17, 15) is 0 Å². The Morgan fingerprint density at radius 1 is 0.850 bits per heavy atom. The predicted octanol–water partition coefficient (Wildman–Crippen LogP) is 5.91. The third-order valence-corrected chi connectivity index (χ3v) is 3.80. The van der Waals surface area contributed by atoms with Crippen LogP contribution in [0.2, 0.25) is 0 Å². The zero-order chi connectivity index (χ0) is 15.0. The molecule has 0 atom stereocenters. The molecule has 2 aromatic rings. The number of fused-ring (bicyclic) bond motifs is 1. The lowest BCUT2D eigenvalue weighted by Crippen LogP contribution is -2.23. The summed E-state index contributed by atoms with van der Waals surface area (Å²) in [4.78, 5) is 1.21. The third-order valence-electron chi connectivity index (χ3n) is 2.64. The van der Waals surface area contributed by atoms with Crippen LogP contribution in [-0.2, 0) is 0 Å². The van der Waals surface area contributed by atoms with Gasteiger partial charge in [0.1, 0.15) is 11.4 Å². The fraction of sp³-hybridized carbons (Fsp3) is 0.444. The highest BCUT2D eigenvalue weighted by Crippen LogP contribution is 2.41. The molecule has 0 saturated carbocycles. The second-order valence-corrected chi connectivity index (χ2v) is 8.94. The Kier molecular flexibility index (Phi) is 4.06. The molecule has 0 aliphatic rings. The molecule has 0 aliphatic carbocycles. The van der Waals surface area contributed by atoms with Crippen molar-refractivity contribution in [1.82, 2.24) is 0 Å². The molecule has 0 spiro atoms. The summed E-state index contributed by atoms with van der Waals surface area (Å²) >= 11 is 1.86. The van der Waals surface area contributed by atoms with Crippen molar-refractivity contribution in [2.75, 3.05) is 0 Å². The van der Waals surface area contributed by atoms with E-state index in [0.717, 1.165) is 5.75 Å². The highest BCUT2D eigenvalue weighted by molar-refractivity contribution is 8.00. The molecule has 0 heterocycles. The first kappa shape index (κ1) is 15.2.